The summed E-state index contributed by atoms with van der Waals surface area (Å²) in [6.07, 6.45) is -4.34. The summed E-state index contributed by atoms with van der Waals surface area (Å²) in [6, 6.07) is 1.83. The first kappa shape index (κ1) is 32.8. The molecule has 1 atom stereocenters. The van der Waals surface area contributed by atoms with Gasteiger partial charge in [-0.1, -0.05) is 13.3 Å². The molecule has 0 saturated carbocycles. The summed E-state index contributed by atoms with van der Waals surface area (Å²) < 4.78 is 104. The van der Waals surface area contributed by atoms with E-state index in [4.69, 9.17) is 5.11 Å². The van der Waals surface area contributed by atoms with Gasteiger partial charge in [0.05, 0.1) is 17.3 Å². The molecule has 2 aromatic heterocycles. The van der Waals surface area contributed by atoms with Gasteiger partial charge >= 0.3 is 6.18 Å². The molecule has 41 heavy (non-hydrogen) atoms. The number of hydrogen-bond acceptors (Lipinski definition) is 7. The van der Waals surface area contributed by atoms with Crippen LogP contribution in [0, 0.1) is 5.82 Å². The number of halogens is 8. The van der Waals surface area contributed by atoms with Crippen LogP contribution in [-0.4, -0.2) is 56.2 Å². The molecule has 2 heterocycles. The van der Waals surface area contributed by atoms with Gasteiger partial charge in [-0.3, -0.25) is 9.59 Å². The summed E-state index contributed by atoms with van der Waals surface area (Å²) in [5.41, 5.74) is -4.29. The van der Waals surface area contributed by atoms with Crippen LogP contribution in [-0.2, 0) is 6.18 Å². The van der Waals surface area contributed by atoms with Gasteiger partial charge in [0, 0.05) is 43.3 Å². The maximum atomic E-state index is 14.7. The standard InChI is InChI=1S/C20H20F5N3O.C5H3F3N2O2/c1-3-4-14(21)9-28(2)10-18(23)15-6-16(17(22)5-12(15)11-29)20-26-7-13(8-27-20)19(24)25;6-5(7,8)3-2(11)1-9-10-4(3)12/h5-8,10-11,14,19H,3-4,9H2,1-2H3;1H,(H2,10,11,12)/b18-10+;. The fourth-order valence-corrected chi connectivity index (χ4v) is 3.35. The molecule has 0 fully saturated rings. The van der Waals surface area contributed by atoms with Gasteiger partial charge in [0.2, 0.25) is 0 Å². The Hall–Kier alpha value is -4.37. The monoisotopic (exact) mass is 593 g/mol. The zero-order chi connectivity index (χ0) is 30.9. The van der Waals surface area contributed by atoms with Crippen LogP contribution >= 0.6 is 0 Å². The highest BCUT2D eigenvalue weighted by atomic mass is 19.4. The minimum absolute atomic E-state index is 0.0517. The van der Waals surface area contributed by atoms with Crippen molar-refractivity contribution in [1.82, 2.24) is 25.1 Å². The van der Waals surface area contributed by atoms with Crippen LogP contribution < -0.4 is 5.56 Å². The molecule has 0 radical (unpaired) electrons. The zero-order valence-electron chi connectivity index (χ0n) is 21.4. The molecule has 0 aliphatic rings. The van der Waals surface area contributed by atoms with E-state index >= 15 is 0 Å². The summed E-state index contributed by atoms with van der Waals surface area (Å²) in [4.78, 5) is 30.4. The fourth-order valence-electron chi connectivity index (χ4n) is 3.35. The van der Waals surface area contributed by atoms with E-state index in [1.165, 1.54) is 11.9 Å². The molecular weight excluding hydrogens is 570 g/mol. The number of aldehydes is 1. The molecule has 8 nitrogen and oxygen atoms in total. The molecule has 1 unspecified atom stereocenters. The minimum Gasteiger partial charge on any atom is -0.505 e. The van der Waals surface area contributed by atoms with E-state index in [0.29, 0.717) is 19.0 Å². The zero-order valence-corrected chi connectivity index (χ0v) is 21.4. The van der Waals surface area contributed by atoms with Crippen molar-refractivity contribution in [3.8, 4) is 17.1 Å². The van der Waals surface area contributed by atoms with E-state index in [9.17, 15) is 44.7 Å². The Kier molecular flexibility index (Phi) is 11.5. The van der Waals surface area contributed by atoms with E-state index in [1.807, 2.05) is 6.92 Å². The number of benzene rings is 1. The first-order valence-corrected chi connectivity index (χ1v) is 11.6. The molecule has 1 aromatic carbocycles. The molecule has 222 valence electrons. The number of nitrogens with zero attached hydrogens (tertiary/aromatic N) is 4. The third kappa shape index (κ3) is 9.08. The van der Waals surface area contributed by atoms with Crippen LogP contribution in [0.3, 0.4) is 0 Å². The van der Waals surface area contributed by atoms with Gasteiger partial charge in [-0.2, -0.15) is 18.3 Å². The van der Waals surface area contributed by atoms with Crippen molar-refractivity contribution in [1.29, 1.82) is 0 Å². The van der Waals surface area contributed by atoms with Crippen LogP contribution in [0.25, 0.3) is 17.2 Å². The largest absolute Gasteiger partial charge is 0.505 e. The number of rotatable bonds is 9. The van der Waals surface area contributed by atoms with Crippen molar-refractivity contribution < 1.29 is 45.0 Å². The van der Waals surface area contributed by atoms with Crippen LogP contribution in [0.1, 0.15) is 53.2 Å². The number of carbonyl (C=O) groups excluding carboxylic acids is 1. The van der Waals surface area contributed by atoms with Gasteiger partial charge in [-0.25, -0.2) is 37.0 Å². The lowest BCUT2D eigenvalue weighted by Gasteiger charge is -2.17. The van der Waals surface area contributed by atoms with Gasteiger partial charge in [0.1, 0.15) is 17.8 Å². The van der Waals surface area contributed by atoms with Crippen LogP contribution in [0.2, 0.25) is 0 Å². The molecule has 16 heteroatoms. The minimum atomic E-state index is -4.86. The number of alkyl halides is 6. The van der Waals surface area contributed by atoms with Crippen molar-refractivity contribution in [2.24, 2.45) is 0 Å². The van der Waals surface area contributed by atoms with Gasteiger partial charge in [-0.05, 0) is 18.6 Å². The number of aromatic amines is 1. The maximum absolute atomic E-state index is 14.7. The van der Waals surface area contributed by atoms with Crippen LogP contribution in [0.4, 0.5) is 35.1 Å². The molecule has 2 N–H and O–H groups in total. The average Bonchev–Trinajstić information content (AvgIpc) is 2.88. The molecule has 0 bridgehead atoms. The highest BCUT2D eigenvalue weighted by Crippen LogP contribution is 2.32. The summed E-state index contributed by atoms with van der Waals surface area (Å²) in [5, 5.41) is 13.2. The molecule has 0 saturated heterocycles. The summed E-state index contributed by atoms with van der Waals surface area (Å²) in [6.45, 7) is 1.78. The Bertz CT molecular complexity index is 1410. The molecule has 3 rings (SSSR count). The number of hydrogen-bond donors (Lipinski definition) is 2. The van der Waals surface area contributed by atoms with Gasteiger partial charge in [0.15, 0.2) is 23.4 Å². The first-order chi connectivity index (χ1) is 19.2. The molecule has 0 amide bonds. The summed E-state index contributed by atoms with van der Waals surface area (Å²) >= 11 is 0. The third-order valence-electron chi connectivity index (χ3n) is 5.23. The molecule has 0 aliphatic heterocycles. The van der Waals surface area contributed by atoms with Crippen molar-refractivity contribution >= 4 is 12.1 Å². The Labute approximate surface area is 227 Å². The van der Waals surface area contributed by atoms with E-state index in [-0.39, 0.29) is 35.3 Å². The lowest BCUT2D eigenvalue weighted by molar-refractivity contribution is -0.140. The Balaban J connectivity index is 0.000000408. The highest BCUT2D eigenvalue weighted by molar-refractivity contribution is 5.86. The van der Waals surface area contributed by atoms with Crippen molar-refractivity contribution in [2.75, 3.05) is 13.6 Å². The van der Waals surface area contributed by atoms with E-state index in [2.05, 4.69) is 15.1 Å². The number of aromatic hydroxyl groups is 1. The van der Waals surface area contributed by atoms with E-state index in [0.717, 1.165) is 30.7 Å². The van der Waals surface area contributed by atoms with Crippen molar-refractivity contribution in [3.05, 3.63) is 75.3 Å². The van der Waals surface area contributed by atoms with E-state index in [1.54, 1.807) is 5.10 Å². The second-order valence-corrected chi connectivity index (χ2v) is 8.44. The smallest absolute Gasteiger partial charge is 0.425 e. The maximum Gasteiger partial charge on any atom is 0.425 e. The Morgan fingerprint density at radius 3 is 2.27 bits per heavy atom. The molecule has 3 aromatic rings. The predicted octanol–water partition coefficient (Wildman–Crippen LogP) is 5.87. The first-order valence-electron chi connectivity index (χ1n) is 11.6. The Morgan fingerprint density at radius 1 is 1.15 bits per heavy atom. The molecule has 0 spiro atoms. The number of aromatic nitrogens is 4. The molecule has 0 aliphatic carbocycles. The second kappa shape index (κ2) is 14.3. The van der Waals surface area contributed by atoms with Gasteiger partial charge in [0.25, 0.3) is 12.0 Å². The lowest BCUT2D eigenvalue weighted by atomic mass is 10.0. The molecular formula is C25H23F8N5O3. The number of nitrogens with one attached hydrogen (secondary N) is 1. The summed E-state index contributed by atoms with van der Waals surface area (Å²) in [7, 11) is 1.47. The third-order valence-corrected chi connectivity index (χ3v) is 5.23. The van der Waals surface area contributed by atoms with Crippen molar-refractivity contribution in [3.63, 3.8) is 0 Å². The van der Waals surface area contributed by atoms with Gasteiger partial charge < -0.3 is 10.0 Å². The van der Waals surface area contributed by atoms with E-state index < -0.39 is 52.9 Å². The van der Waals surface area contributed by atoms with Crippen LogP contribution in [0.5, 0.6) is 5.75 Å². The van der Waals surface area contributed by atoms with Gasteiger partial charge in [-0.15, -0.1) is 0 Å². The number of carbonyl (C=O) groups is 1. The lowest BCUT2D eigenvalue weighted by Crippen LogP contribution is -2.22. The predicted molar refractivity (Wildman–Crippen MR) is 131 cm³/mol. The second-order valence-electron chi connectivity index (χ2n) is 8.44. The Morgan fingerprint density at radius 2 is 1.78 bits per heavy atom. The average molecular weight is 593 g/mol. The topological polar surface area (TPSA) is 112 Å². The normalized spacial score (nSPS) is 12.5. The quantitative estimate of drug-likeness (QED) is 0.236. The fraction of sp³-hybridized carbons (Fsp3) is 0.320. The SMILES string of the molecule is CCCC(F)CN(C)/C=C(/F)c1cc(-c2ncc(C(F)F)cn2)c(F)cc1C=O.O=c1[nH]ncc(O)c1C(F)(F)F. The highest BCUT2D eigenvalue weighted by Gasteiger charge is 2.37. The van der Waals surface area contributed by atoms with Crippen LogP contribution in [0.15, 0.2) is 41.7 Å². The van der Waals surface area contributed by atoms with Crippen molar-refractivity contribution in [2.45, 2.75) is 38.5 Å². The number of H-pyrrole nitrogens is 1. The summed E-state index contributed by atoms with van der Waals surface area (Å²) in [5.74, 6) is -3.21.